The second kappa shape index (κ2) is 2.84. The van der Waals surface area contributed by atoms with Crippen LogP contribution < -0.4 is 0 Å². The van der Waals surface area contributed by atoms with Crippen LogP contribution in [0.25, 0.3) is 0 Å². The molecule has 2 nitrogen and oxygen atoms in total. The van der Waals surface area contributed by atoms with Gasteiger partial charge < -0.3 is 5.11 Å². The lowest BCUT2D eigenvalue weighted by Crippen LogP contribution is -2.22. The summed E-state index contributed by atoms with van der Waals surface area (Å²) in [6, 6.07) is 0. The molecule has 0 aromatic heterocycles. The molecule has 1 saturated carbocycles. The molecule has 0 atom stereocenters. The molecule has 70 valence electrons. The van der Waals surface area contributed by atoms with Crippen LogP contribution >= 0.6 is 0 Å². The Morgan fingerprint density at radius 2 is 2.00 bits per heavy atom. The van der Waals surface area contributed by atoms with E-state index in [2.05, 4.69) is 0 Å². The first-order valence-corrected chi connectivity index (χ1v) is 4.59. The number of carbonyl (C=O) groups excluding carboxylic acids is 1. The minimum absolute atomic E-state index is 0.0417. The molecule has 1 N–H and O–H groups in total. The van der Waals surface area contributed by atoms with E-state index in [1.807, 2.05) is 0 Å². The van der Waals surface area contributed by atoms with E-state index < -0.39 is 5.60 Å². The van der Waals surface area contributed by atoms with Crippen molar-refractivity contribution in [2.45, 2.75) is 52.1 Å². The van der Waals surface area contributed by atoms with Gasteiger partial charge in [0.15, 0.2) is 0 Å². The molecule has 0 radical (unpaired) electrons. The maximum absolute atomic E-state index is 11.2. The number of rotatable bonds is 4. The molecule has 1 fully saturated rings. The van der Waals surface area contributed by atoms with E-state index in [4.69, 9.17) is 0 Å². The lowest BCUT2D eigenvalue weighted by molar-refractivity contribution is -0.122. The third-order valence-electron chi connectivity index (χ3n) is 2.82. The molecule has 2 heteroatoms. The Morgan fingerprint density at radius 1 is 1.50 bits per heavy atom. The van der Waals surface area contributed by atoms with Gasteiger partial charge in [-0.25, -0.2) is 0 Å². The van der Waals surface area contributed by atoms with Crippen molar-refractivity contribution in [2.24, 2.45) is 5.41 Å². The molecule has 0 unspecified atom stereocenters. The lowest BCUT2D eigenvalue weighted by Gasteiger charge is -2.20. The van der Waals surface area contributed by atoms with Gasteiger partial charge in [-0.3, -0.25) is 4.79 Å². The third kappa shape index (κ3) is 2.31. The van der Waals surface area contributed by atoms with E-state index in [0.29, 0.717) is 5.78 Å². The van der Waals surface area contributed by atoms with Gasteiger partial charge in [-0.2, -0.15) is 0 Å². The molecule has 0 spiro atoms. The van der Waals surface area contributed by atoms with Gasteiger partial charge in [-0.05, 0) is 46.5 Å². The molecule has 0 aliphatic heterocycles. The Labute approximate surface area is 74.0 Å². The molecular formula is C10H18O2. The zero-order valence-corrected chi connectivity index (χ0v) is 8.18. The number of hydrogen-bond acceptors (Lipinski definition) is 2. The number of carbonyl (C=O) groups is 1. The topological polar surface area (TPSA) is 37.3 Å². The minimum Gasteiger partial charge on any atom is -0.390 e. The summed E-state index contributed by atoms with van der Waals surface area (Å²) in [5.41, 5.74) is -0.662. The number of hydrogen-bond donors (Lipinski definition) is 1. The molecular weight excluding hydrogens is 152 g/mol. The first-order chi connectivity index (χ1) is 5.36. The average Bonchev–Trinajstić information content (AvgIpc) is 2.61. The van der Waals surface area contributed by atoms with Crippen LogP contribution in [0.2, 0.25) is 0 Å². The summed E-state index contributed by atoms with van der Waals surface area (Å²) in [6.45, 7) is 5.25. The van der Waals surface area contributed by atoms with Gasteiger partial charge in [0, 0.05) is 5.41 Å². The summed E-state index contributed by atoms with van der Waals surface area (Å²) in [4.78, 5) is 11.2. The predicted molar refractivity (Wildman–Crippen MR) is 47.9 cm³/mol. The number of ketones is 1. The molecule has 0 heterocycles. The first-order valence-electron chi connectivity index (χ1n) is 4.59. The number of aliphatic hydroxyl groups is 1. The standard InChI is InChI=1S/C10H18O2/c1-8(11)10(6-7-10)5-4-9(2,3)12/h12H,4-7H2,1-3H3. The molecule has 1 aliphatic carbocycles. The van der Waals surface area contributed by atoms with Crippen LogP contribution in [0.5, 0.6) is 0 Å². The van der Waals surface area contributed by atoms with Crippen molar-refractivity contribution < 1.29 is 9.90 Å². The van der Waals surface area contributed by atoms with E-state index in [1.54, 1.807) is 20.8 Å². The summed E-state index contributed by atoms with van der Waals surface area (Å²) in [5.74, 6) is 0.298. The maximum atomic E-state index is 11.2. The summed E-state index contributed by atoms with van der Waals surface area (Å²) < 4.78 is 0. The molecule has 12 heavy (non-hydrogen) atoms. The molecule has 0 aromatic carbocycles. The SMILES string of the molecule is CC(=O)C1(CCC(C)(C)O)CC1. The van der Waals surface area contributed by atoms with Gasteiger partial charge in [0.25, 0.3) is 0 Å². The van der Waals surface area contributed by atoms with Crippen LogP contribution in [-0.2, 0) is 4.79 Å². The van der Waals surface area contributed by atoms with Gasteiger partial charge in [0.05, 0.1) is 5.60 Å². The van der Waals surface area contributed by atoms with E-state index >= 15 is 0 Å². The lowest BCUT2D eigenvalue weighted by atomic mass is 9.90. The molecule has 1 aliphatic rings. The summed E-state index contributed by atoms with van der Waals surface area (Å²) >= 11 is 0. The van der Waals surface area contributed by atoms with Crippen molar-refractivity contribution in [3.63, 3.8) is 0 Å². The zero-order valence-electron chi connectivity index (χ0n) is 8.18. The van der Waals surface area contributed by atoms with E-state index in [9.17, 15) is 9.90 Å². The quantitative estimate of drug-likeness (QED) is 0.699. The zero-order chi connectivity index (χ0) is 9.41. The van der Waals surface area contributed by atoms with Gasteiger partial charge in [0.1, 0.15) is 5.78 Å². The predicted octanol–water partition coefficient (Wildman–Crippen LogP) is 1.91. The third-order valence-corrected chi connectivity index (χ3v) is 2.82. The Kier molecular flexibility index (Phi) is 2.30. The minimum atomic E-state index is -0.620. The van der Waals surface area contributed by atoms with Gasteiger partial charge in [-0.1, -0.05) is 0 Å². The highest BCUT2D eigenvalue weighted by molar-refractivity contribution is 5.84. The van der Waals surface area contributed by atoms with Crippen molar-refractivity contribution >= 4 is 5.78 Å². The van der Waals surface area contributed by atoms with Gasteiger partial charge in [0.2, 0.25) is 0 Å². The monoisotopic (exact) mass is 170 g/mol. The second-order valence-electron chi connectivity index (χ2n) is 4.65. The summed E-state index contributed by atoms with van der Waals surface area (Å²) in [6.07, 6.45) is 3.63. The molecule has 0 saturated heterocycles. The molecule has 0 amide bonds. The number of Topliss-reactive ketones (excluding diaryl/α,β-unsaturated/α-hetero) is 1. The summed E-state index contributed by atoms with van der Waals surface area (Å²) in [7, 11) is 0. The highest BCUT2D eigenvalue weighted by Gasteiger charge is 2.47. The summed E-state index contributed by atoms with van der Waals surface area (Å²) in [5, 5.41) is 9.48. The highest BCUT2D eigenvalue weighted by atomic mass is 16.3. The van der Waals surface area contributed by atoms with Crippen molar-refractivity contribution in [2.75, 3.05) is 0 Å². The van der Waals surface area contributed by atoms with Crippen LogP contribution in [0, 0.1) is 5.41 Å². The van der Waals surface area contributed by atoms with Gasteiger partial charge in [-0.15, -0.1) is 0 Å². The Hall–Kier alpha value is -0.370. The molecule has 1 rings (SSSR count). The molecule has 0 bridgehead atoms. The van der Waals surface area contributed by atoms with Crippen molar-refractivity contribution in [1.29, 1.82) is 0 Å². The Morgan fingerprint density at radius 3 is 2.25 bits per heavy atom. The van der Waals surface area contributed by atoms with E-state index in [-0.39, 0.29) is 5.41 Å². The van der Waals surface area contributed by atoms with Crippen LogP contribution in [0.4, 0.5) is 0 Å². The fraction of sp³-hybridized carbons (Fsp3) is 0.900. The van der Waals surface area contributed by atoms with E-state index in [1.165, 1.54) is 0 Å². The Bertz CT molecular complexity index is 185. The maximum Gasteiger partial charge on any atom is 0.135 e. The van der Waals surface area contributed by atoms with Crippen LogP contribution in [0.3, 0.4) is 0 Å². The largest absolute Gasteiger partial charge is 0.390 e. The fourth-order valence-electron chi connectivity index (χ4n) is 1.47. The van der Waals surface area contributed by atoms with Crippen molar-refractivity contribution in [3.05, 3.63) is 0 Å². The first kappa shape index (κ1) is 9.72. The highest BCUT2D eigenvalue weighted by Crippen LogP contribution is 2.51. The average molecular weight is 170 g/mol. The molecule has 0 aromatic rings. The Balaban J connectivity index is 2.37. The van der Waals surface area contributed by atoms with Crippen LogP contribution in [0.1, 0.15) is 46.5 Å². The van der Waals surface area contributed by atoms with E-state index in [0.717, 1.165) is 25.7 Å². The van der Waals surface area contributed by atoms with Crippen molar-refractivity contribution in [1.82, 2.24) is 0 Å². The second-order valence-corrected chi connectivity index (χ2v) is 4.65. The normalized spacial score (nSPS) is 20.7. The fourth-order valence-corrected chi connectivity index (χ4v) is 1.47. The van der Waals surface area contributed by atoms with Crippen LogP contribution in [0.15, 0.2) is 0 Å². The smallest absolute Gasteiger partial charge is 0.135 e. The van der Waals surface area contributed by atoms with Crippen molar-refractivity contribution in [3.8, 4) is 0 Å². The van der Waals surface area contributed by atoms with Gasteiger partial charge >= 0.3 is 0 Å². The van der Waals surface area contributed by atoms with Crippen LogP contribution in [-0.4, -0.2) is 16.5 Å².